The first-order valence-corrected chi connectivity index (χ1v) is 10.9. The molecule has 1 aliphatic heterocycles. The Bertz CT molecular complexity index is 947. The van der Waals surface area contributed by atoms with Crippen LogP contribution in [-0.2, 0) is 14.8 Å². The monoisotopic (exact) mass is 408 g/mol. The Morgan fingerprint density at radius 1 is 1.15 bits per heavy atom. The topological polar surface area (TPSA) is 84.9 Å². The number of carbonyl (C=O) groups excluding carboxylic acids is 1. The summed E-state index contributed by atoms with van der Waals surface area (Å²) in [7, 11) is -2.48. The van der Waals surface area contributed by atoms with Crippen LogP contribution in [0.1, 0.15) is 0 Å². The van der Waals surface area contributed by atoms with Gasteiger partial charge in [0.1, 0.15) is 13.2 Å². The van der Waals surface area contributed by atoms with E-state index < -0.39 is 15.9 Å². The molecule has 0 saturated heterocycles. The highest BCUT2D eigenvalue weighted by atomic mass is 32.2. The minimum atomic E-state index is -3.84. The van der Waals surface area contributed by atoms with E-state index in [1.54, 1.807) is 12.1 Å². The molecule has 1 amide bonds. The number of benzene rings is 2. The maximum absolute atomic E-state index is 12.8. The van der Waals surface area contributed by atoms with E-state index in [9.17, 15) is 13.2 Å². The lowest BCUT2D eigenvalue weighted by molar-refractivity contribution is -0.116. The third-order valence-corrected chi connectivity index (χ3v) is 6.56. The summed E-state index contributed by atoms with van der Waals surface area (Å²) < 4.78 is 37.4. The van der Waals surface area contributed by atoms with Gasteiger partial charge in [0.05, 0.1) is 17.1 Å². The second kappa shape index (κ2) is 8.20. The number of likely N-dealkylation sites (N-methyl/N-ethyl adjacent to an activating group) is 1. The number of nitrogens with zero attached hydrogens (tertiary/aromatic N) is 1. The van der Waals surface area contributed by atoms with E-state index >= 15 is 0 Å². The Hall–Kier alpha value is -2.23. The summed E-state index contributed by atoms with van der Waals surface area (Å²) in [6.07, 6.45) is 1.91. The van der Waals surface area contributed by atoms with Crippen molar-refractivity contribution in [3.8, 4) is 11.5 Å². The highest BCUT2D eigenvalue weighted by Gasteiger charge is 2.25. The van der Waals surface area contributed by atoms with Gasteiger partial charge in [-0.2, -0.15) is 4.31 Å². The molecular weight excluding hydrogens is 388 g/mol. The predicted molar refractivity (Wildman–Crippen MR) is 104 cm³/mol. The number of amides is 1. The number of nitrogens with one attached hydrogen (secondary N) is 1. The van der Waals surface area contributed by atoms with E-state index in [0.29, 0.717) is 30.4 Å². The molecule has 2 aromatic rings. The average molecular weight is 409 g/mol. The van der Waals surface area contributed by atoms with Gasteiger partial charge >= 0.3 is 0 Å². The van der Waals surface area contributed by atoms with Crippen LogP contribution in [0.3, 0.4) is 0 Å². The Balaban J connectivity index is 1.72. The summed E-state index contributed by atoms with van der Waals surface area (Å²) in [5.74, 6) is 0.475. The lowest BCUT2D eigenvalue weighted by Gasteiger charge is -2.21. The number of sulfonamides is 1. The maximum Gasteiger partial charge on any atom is 0.243 e. The zero-order valence-electron chi connectivity index (χ0n) is 15.0. The molecule has 0 spiro atoms. The van der Waals surface area contributed by atoms with Crippen LogP contribution >= 0.6 is 11.8 Å². The molecule has 3 rings (SSSR count). The van der Waals surface area contributed by atoms with Crippen molar-refractivity contribution in [1.29, 1.82) is 0 Å². The van der Waals surface area contributed by atoms with Crippen molar-refractivity contribution in [2.45, 2.75) is 9.79 Å². The highest BCUT2D eigenvalue weighted by molar-refractivity contribution is 7.98. The number of ether oxygens (including phenoxy) is 2. The van der Waals surface area contributed by atoms with Crippen LogP contribution in [0.25, 0.3) is 0 Å². The standard InChI is InChI=1S/C18H20N2O5S2/c1-20(12-18(21)19-14-5-3-4-6-17(14)26-2)27(22,23)13-7-8-15-16(11-13)25-10-9-24-15/h3-8,11H,9-10,12H2,1-2H3,(H,19,21). The molecule has 9 heteroatoms. The van der Waals surface area contributed by atoms with Gasteiger partial charge in [-0.3, -0.25) is 4.79 Å². The van der Waals surface area contributed by atoms with Crippen molar-refractivity contribution >= 4 is 33.4 Å². The van der Waals surface area contributed by atoms with Gasteiger partial charge in [0, 0.05) is 18.0 Å². The lowest BCUT2D eigenvalue weighted by Crippen LogP contribution is -2.35. The third kappa shape index (κ3) is 4.37. The van der Waals surface area contributed by atoms with E-state index in [2.05, 4.69) is 5.32 Å². The van der Waals surface area contributed by atoms with Gasteiger partial charge in [-0.1, -0.05) is 12.1 Å². The minimum absolute atomic E-state index is 0.0477. The second-order valence-electron chi connectivity index (χ2n) is 5.82. The van der Waals surface area contributed by atoms with Crippen molar-refractivity contribution < 1.29 is 22.7 Å². The average Bonchev–Trinajstić information content (AvgIpc) is 2.67. The second-order valence-corrected chi connectivity index (χ2v) is 8.71. The van der Waals surface area contributed by atoms with E-state index in [1.165, 1.54) is 30.9 Å². The van der Waals surface area contributed by atoms with Crippen LogP contribution < -0.4 is 14.8 Å². The first-order valence-electron chi connectivity index (χ1n) is 8.20. The summed E-state index contributed by atoms with van der Waals surface area (Å²) in [4.78, 5) is 13.3. The molecule has 0 fully saturated rings. The maximum atomic E-state index is 12.8. The fourth-order valence-corrected chi connectivity index (χ4v) is 4.29. The number of anilines is 1. The molecule has 0 aliphatic carbocycles. The summed E-state index contributed by atoms with van der Waals surface area (Å²) in [6.45, 7) is 0.486. The predicted octanol–water partition coefficient (Wildman–Crippen LogP) is 2.44. The van der Waals surface area contributed by atoms with Crippen molar-refractivity contribution in [3.05, 3.63) is 42.5 Å². The number of fused-ring (bicyclic) bond motifs is 1. The van der Waals surface area contributed by atoms with Crippen LogP contribution in [0, 0.1) is 0 Å². The Morgan fingerprint density at radius 2 is 1.85 bits per heavy atom. The molecule has 0 saturated carbocycles. The molecule has 0 atom stereocenters. The molecule has 1 N–H and O–H groups in total. The minimum Gasteiger partial charge on any atom is -0.486 e. The van der Waals surface area contributed by atoms with Gasteiger partial charge in [-0.15, -0.1) is 11.8 Å². The largest absolute Gasteiger partial charge is 0.486 e. The van der Waals surface area contributed by atoms with Crippen LogP contribution in [0.2, 0.25) is 0 Å². The van der Waals surface area contributed by atoms with Crippen LogP contribution in [-0.4, -0.2) is 51.7 Å². The van der Waals surface area contributed by atoms with Crippen LogP contribution in [0.4, 0.5) is 5.69 Å². The summed E-state index contributed by atoms with van der Waals surface area (Å²) >= 11 is 1.50. The Kier molecular flexibility index (Phi) is 5.93. The smallest absolute Gasteiger partial charge is 0.243 e. The quantitative estimate of drug-likeness (QED) is 0.739. The molecule has 0 bridgehead atoms. The van der Waals surface area contributed by atoms with Crippen LogP contribution in [0.5, 0.6) is 11.5 Å². The number of hydrogen-bond acceptors (Lipinski definition) is 6. The summed E-state index contributed by atoms with van der Waals surface area (Å²) in [6, 6.07) is 11.8. The summed E-state index contributed by atoms with van der Waals surface area (Å²) in [5, 5.41) is 2.76. The van der Waals surface area contributed by atoms with Crippen LogP contribution in [0.15, 0.2) is 52.3 Å². The molecular formula is C18H20N2O5S2. The van der Waals surface area contributed by atoms with E-state index in [1.807, 2.05) is 24.5 Å². The Morgan fingerprint density at radius 3 is 2.59 bits per heavy atom. The van der Waals surface area contributed by atoms with Crippen molar-refractivity contribution in [2.24, 2.45) is 0 Å². The molecule has 0 aromatic heterocycles. The van der Waals surface area contributed by atoms with E-state index in [4.69, 9.17) is 9.47 Å². The van der Waals surface area contributed by atoms with Gasteiger partial charge in [0.25, 0.3) is 0 Å². The Labute approximate surface area is 162 Å². The van der Waals surface area contributed by atoms with Gasteiger partial charge in [-0.25, -0.2) is 8.42 Å². The van der Waals surface area contributed by atoms with Gasteiger partial charge in [-0.05, 0) is 30.5 Å². The number of para-hydroxylation sites is 1. The molecule has 27 heavy (non-hydrogen) atoms. The normalized spacial score (nSPS) is 13.4. The SMILES string of the molecule is CSc1ccccc1NC(=O)CN(C)S(=O)(=O)c1ccc2c(c1)OCCO2. The molecule has 144 valence electrons. The van der Waals surface area contributed by atoms with Gasteiger partial charge in [0.15, 0.2) is 11.5 Å². The number of hydrogen-bond donors (Lipinski definition) is 1. The molecule has 0 radical (unpaired) electrons. The number of carbonyl (C=O) groups is 1. The van der Waals surface area contributed by atoms with Gasteiger partial charge < -0.3 is 14.8 Å². The first kappa shape index (κ1) is 19.5. The van der Waals surface area contributed by atoms with Crippen molar-refractivity contribution in [3.63, 3.8) is 0 Å². The zero-order valence-corrected chi connectivity index (χ0v) is 16.6. The van der Waals surface area contributed by atoms with E-state index in [-0.39, 0.29) is 11.4 Å². The van der Waals surface area contributed by atoms with Gasteiger partial charge in [0.2, 0.25) is 15.9 Å². The third-order valence-electron chi connectivity index (χ3n) is 3.97. The fraction of sp³-hybridized carbons (Fsp3) is 0.278. The fourth-order valence-electron chi connectivity index (χ4n) is 2.59. The molecule has 2 aromatic carbocycles. The molecule has 1 aliphatic rings. The molecule has 1 heterocycles. The van der Waals surface area contributed by atoms with Crippen molar-refractivity contribution in [2.75, 3.05) is 38.4 Å². The first-order chi connectivity index (χ1) is 12.9. The van der Waals surface area contributed by atoms with E-state index in [0.717, 1.165) is 9.20 Å². The van der Waals surface area contributed by atoms with Crippen molar-refractivity contribution in [1.82, 2.24) is 4.31 Å². The number of rotatable bonds is 6. The molecule has 0 unspecified atom stereocenters. The lowest BCUT2D eigenvalue weighted by atomic mass is 10.3. The summed E-state index contributed by atoms with van der Waals surface area (Å²) in [5.41, 5.74) is 0.653. The zero-order chi connectivity index (χ0) is 19.4. The number of thioether (sulfide) groups is 1. The highest BCUT2D eigenvalue weighted by Crippen LogP contribution is 2.33. The molecule has 7 nitrogen and oxygen atoms in total.